The normalized spacial score (nSPS) is 18.6. The molecule has 1 heterocycles. The van der Waals surface area contributed by atoms with E-state index in [4.69, 9.17) is 28.3 Å². The molecule has 0 radical (unpaired) electrons. The van der Waals surface area contributed by atoms with Gasteiger partial charge < -0.3 is 10.0 Å². The Labute approximate surface area is 133 Å². The molecule has 114 valence electrons. The van der Waals surface area contributed by atoms with Crippen molar-refractivity contribution >= 4 is 35.1 Å². The number of aryl methyl sites for hydroxylation is 1. The van der Waals surface area contributed by atoms with Crippen LogP contribution in [0.5, 0.6) is 0 Å². The van der Waals surface area contributed by atoms with Crippen molar-refractivity contribution in [2.75, 3.05) is 13.1 Å². The molecule has 0 aromatic heterocycles. The van der Waals surface area contributed by atoms with Gasteiger partial charge in [-0.25, -0.2) is 0 Å². The molecule has 1 aliphatic rings. The van der Waals surface area contributed by atoms with Crippen molar-refractivity contribution in [1.82, 2.24) is 4.90 Å². The molecular formula is C15H17Cl2NO3. The first-order valence-corrected chi connectivity index (χ1v) is 7.67. The Hall–Kier alpha value is -1.26. The van der Waals surface area contributed by atoms with Crippen LogP contribution in [0.4, 0.5) is 0 Å². The van der Waals surface area contributed by atoms with Crippen LogP contribution >= 0.6 is 23.2 Å². The Balaban J connectivity index is 1.89. The molecule has 2 rings (SSSR count). The maximum Gasteiger partial charge on any atom is 0.308 e. The number of carboxylic acid groups (broad SMARTS) is 1. The first-order chi connectivity index (χ1) is 9.97. The van der Waals surface area contributed by atoms with Crippen molar-refractivity contribution in [3.8, 4) is 0 Å². The van der Waals surface area contributed by atoms with Crippen LogP contribution in [0.3, 0.4) is 0 Å². The fraction of sp³-hybridized carbons (Fsp3) is 0.467. The molecule has 1 aromatic rings. The predicted molar refractivity (Wildman–Crippen MR) is 81.7 cm³/mol. The summed E-state index contributed by atoms with van der Waals surface area (Å²) in [6, 6.07) is 5.32. The molecule has 0 saturated carbocycles. The largest absolute Gasteiger partial charge is 0.481 e. The van der Waals surface area contributed by atoms with Crippen LogP contribution in [0.15, 0.2) is 18.2 Å². The number of carbonyl (C=O) groups excluding carboxylic acids is 1. The molecule has 1 saturated heterocycles. The van der Waals surface area contributed by atoms with Gasteiger partial charge in [-0.2, -0.15) is 0 Å². The summed E-state index contributed by atoms with van der Waals surface area (Å²) in [5, 5.41) is 10.0. The van der Waals surface area contributed by atoms with Crippen molar-refractivity contribution in [2.45, 2.75) is 25.7 Å². The molecule has 1 aromatic carbocycles. The third kappa shape index (κ3) is 4.35. The Morgan fingerprint density at radius 2 is 2.05 bits per heavy atom. The fourth-order valence-electron chi connectivity index (χ4n) is 2.51. The fourth-order valence-corrected chi connectivity index (χ4v) is 2.83. The summed E-state index contributed by atoms with van der Waals surface area (Å²) in [6.07, 6.45) is 2.32. The molecule has 1 atom stereocenters. The lowest BCUT2D eigenvalue weighted by molar-refractivity contribution is -0.145. The molecule has 1 amide bonds. The lowest BCUT2D eigenvalue weighted by Crippen LogP contribution is -2.42. The van der Waals surface area contributed by atoms with Crippen LogP contribution in [0.25, 0.3) is 0 Å². The number of halogens is 2. The summed E-state index contributed by atoms with van der Waals surface area (Å²) in [7, 11) is 0. The van der Waals surface area contributed by atoms with E-state index in [1.54, 1.807) is 17.0 Å². The van der Waals surface area contributed by atoms with E-state index in [9.17, 15) is 9.59 Å². The van der Waals surface area contributed by atoms with Crippen molar-refractivity contribution < 1.29 is 14.7 Å². The molecule has 1 fully saturated rings. The van der Waals surface area contributed by atoms with Crippen LogP contribution in [0.1, 0.15) is 24.8 Å². The van der Waals surface area contributed by atoms with Gasteiger partial charge in [-0.05, 0) is 37.0 Å². The van der Waals surface area contributed by atoms with Crippen molar-refractivity contribution in [3.63, 3.8) is 0 Å². The summed E-state index contributed by atoms with van der Waals surface area (Å²) < 4.78 is 0. The Morgan fingerprint density at radius 3 is 2.71 bits per heavy atom. The molecule has 0 bridgehead atoms. The summed E-state index contributed by atoms with van der Waals surface area (Å²) in [6.45, 7) is 0.958. The highest BCUT2D eigenvalue weighted by atomic mass is 35.5. The van der Waals surface area contributed by atoms with Crippen LogP contribution in [0, 0.1) is 5.92 Å². The minimum Gasteiger partial charge on any atom is -0.481 e. The van der Waals surface area contributed by atoms with E-state index in [0.717, 1.165) is 12.0 Å². The van der Waals surface area contributed by atoms with Crippen LogP contribution in [0.2, 0.25) is 10.0 Å². The van der Waals surface area contributed by atoms with Gasteiger partial charge in [0.15, 0.2) is 0 Å². The third-order valence-corrected chi connectivity index (χ3v) is 4.47. The summed E-state index contributed by atoms with van der Waals surface area (Å²) in [4.78, 5) is 24.8. The van der Waals surface area contributed by atoms with E-state index in [1.165, 1.54) is 0 Å². The van der Waals surface area contributed by atoms with Crippen LogP contribution < -0.4 is 0 Å². The zero-order valence-corrected chi connectivity index (χ0v) is 13.0. The quantitative estimate of drug-likeness (QED) is 0.922. The number of piperidine rings is 1. The van der Waals surface area contributed by atoms with Crippen LogP contribution in [-0.4, -0.2) is 35.0 Å². The minimum atomic E-state index is -0.822. The zero-order chi connectivity index (χ0) is 15.4. The smallest absolute Gasteiger partial charge is 0.308 e. The van der Waals surface area contributed by atoms with Gasteiger partial charge in [0.2, 0.25) is 5.91 Å². The number of nitrogens with zero attached hydrogens (tertiary/aromatic N) is 1. The Kier molecular flexibility index (Phi) is 5.48. The number of likely N-dealkylation sites (tertiary alicyclic amines) is 1. The second-order valence-corrected chi connectivity index (χ2v) is 6.08. The van der Waals surface area contributed by atoms with Gasteiger partial charge >= 0.3 is 5.97 Å². The van der Waals surface area contributed by atoms with Crippen LogP contribution in [-0.2, 0) is 16.0 Å². The second-order valence-electron chi connectivity index (χ2n) is 5.27. The average Bonchev–Trinajstić information content (AvgIpc) is 2.48. The molecule has 1 aliphatic heterocycles. The lowest BCUT2D eigenvalue weighted by Gasteiger charge is -2.30. The van der Waals surface area contributed by atoms with Gasteiger partial charge in [-0.3, -0.25) is 9.59 Å². The molecule has 21 heavy (non-hydrogen) atoms. The first kappa shape index (κ1) is 16.1. The summed E-state index contributed by atoms with van der Waals surface area (Å²) >= 11 is 11.8. The average molecular weight is 330 g/mol. The monoisotopic (exact) mass is 329 g/mol. The highest BCUT2D eigenvalue weighted by molar-refractivity contribution is 6.42. The van der Waals surface area contributed by atoms with Crippen molar-refractivity contribution in [3.05, 3.63) is 33.8 Å². The Bertz CT molecular complexity index is 548. The molecule has 0 aliphatic carbocycles. The summed E-state index contributed by atoms with van der Waals surface area (Å²) in [5.74, 6) is -1.27. The molecule has 0 spiro atoms. The van der Waals surface area contributed by atoms with E-state index >= 15 is 0 Å². The number of aliphatic carboxylic acids is 1. The first-order valence-electron chi connectivity index (χ1n) is 6.92. The molecule has 4 nitrogen and oxygen atoms in total. The number of benzene rings is 1. The SMILES string of the molecule is O=C(O)[C@H]1CCCN(C(=O)CCc2ccc(Cl)c(Cl)c2)C1. The van der Waals surface area contributed by atoms with Crippen molar-refractivity contribution in [2.24, 2.45) is 5.92 Å². The number of rotatable bonds is 4. The number of amides is 1. The Morgan fingerprint density at radius 1 is 1.29 bits per heavy atom. The molecule has 0 unspecified atom stereocenters. The standard InChI is InChI=1S/C15H17Cl2NO3/c16-12-5-3-10(8-13(12)17)4-6-14(19)18-7-1-2-11(9-18)15(20)21/h3,5,8,11H,1-2,4,6-7,9H2,(H,20,21)/t11-/m0/s1. The van der Waals surface area contributed by atoms with Gasteiger partial charge in [-0.15, -0.1) is 0 Å². The van der Waals surface area contributed by atoms with E-state index in [0.29, 0.717) is 42.4 Å². The lowest BCUT2D eigenvalue weighted by atomic mass is 9.97. The van der Waals surface area contributed by atoms with Gasteiger partial charge in [0.05, 0.1) is 16.0 Å². The maximum atomic E-state index is 12.2. The van der Waals surface area contributed by atoms with Gasteiger partial charge in [0.1, 0.15) is 0 Å². The van der Waals surface area contributed by atoms with Gasteiger partial charge in [0.25, 0.3) is 0 Å². The van der Waals surface area contributed by atoms with Gasteiger partial charge in [0, 0.05) is 19.5 Å². The predicted octanol–water partition coefficient (Wildman–Crippen LogP) is 3.25. The van der Waals surface area contributed by atoms with E-state index in [-0.39, 0.29) is 5.91 Å². The van der Waals surface area contributed by atoms with E-state index in [2.05, 4.69) is 0 Å². The molecule has 6 heteroatoms. The highest BCUT2D eigenvalue weighted by Crippen LogP contribution is 2.23. The maximum absolute atomic E-state index is 12.2. The molecule has 1 N–H and O–H groups in total. The van der Waals surface area contributed by atoms with E-state index < -0.39 is 11.9 Å². The number of hydrogen-bond donors (Lipinski definition) is 1. The van der Waals surface area contributed by atoms with Crippen molar-refractivity contribution in [1.29, 1.82) is 0 Å². The highest BCUT2D eigenvalue weighted by Gasteiger charge is 2.27. The number of hydrogen-bond acceptors (Lipinski definition) is 2. The molecular weight excluding hydrogens is 313 g/mol. The topological polar surface area (TPSA) is 57.6 Å². The minimum absolute atomic E-state index is 0.00739. The second kappa shape index (κ2) is 7.14. The number of carbonyl (C=O) groups is 2. The third-order valence-electron chi connectivity index (χ3n) is 3.73. The zero-order valence-electron chi connectivity index (χ0n) is 11.5. The summed E-state index contributed by atoms with van der Waals surface area (Å²) in [5.41, 5.74) is 0.949. The van der Waals surface area contributed by atoms with Gasteiger partial charge in [-0.1, -0.05) is 29.3 Å². The number of carboxylic acids is 1. The van der Waals surface area contributed by atoms with E-state index in [1.807, 2.05) is 6.07 Å².